The average Bonchev–Trinajstić information content (AvgIpc) is 3.27. The highest BCUT2D eigenvalue weighted by atomic mass is 16.5. The van der Waals surface area contributed by atoms with Crippen molar-refractivity contribution in [2.24, 2.45) is 0 Å². The first-order chi connectivity index (χ1) is 13.6. The number of amides is 1. The normalized spacial score (nSPS) is 15.2. The SMILES string of the molecule is COc1ccccc1/C=C(/C(=O)O[C@H](C)C(=O)N1CCCC1)c1ccccc1. The molecule has 5 nitrogen and oxygen atoms in total. The second kappa shape index (κ2) is 9.22. The predicted octanol–water partition coefficient (Wildman–Crippen LogP) is 3.79. The van der Waals surface area contributed by atoms with Gasteiger partial charge < -0.3 is 14.4 Å². The Bertz CT molecular complexity index is 854. The molecule has 1 amide bonds. The summed E-state index contributed by atoms with van der Waals surface area (Å²) < 4.78 is 10.9. The summed E-state index contributed by atoms with van der Waals surface area (Å²) in [4.78, 5) is 27.2. The summed E-state index contributed by atoms with van der Waals surface area (Å²) in [5, 5.41) is 0. The highest BCUT2D eigenvalue weighted by Crippen LogP contribution is 2.26. The minimum atomic E-state index is -0.824. The van der Waals surface area contributed by atoms with Crippen molar-refractivity contribution in [3.05, 3.63) is 65.7 Å². The minimum absolute atomic E-state index is 0.143. The van der Waals surface area contributed by atoms with Crippen LogP contribution in [0.5, 0.6) is 5.75 Å². The third kappa shape index (κ3) is 4.60. The smallest absolute Gasteiger partial charge is 0.339 e. The molecule has 1 atom stereocenters. The standard InChI is InChI=1S/C23H25NO4/c1-17(22(25)24-14-8-9-15-24)28-23(26)20(18-10-4-3-5-11-18)16-19-12-6-7-13-21(19)27-2/h3-7,10-13,16-17H,8-9,14-15H2,1-2H3/b20-16+/t17-/m1/s1. The van der Waals surface area contributed by atoms with E-state index in [-0.39, 0.29) is 5.91 Å². The van der Waals surface area contributed by atoms with E-state index in [0.29, 0.717) is 11.3 Å². The average molecular weight is 379 g/mol. The van der Waals surface area contributed by atoms with Crippen molar-refractivity contribution in [2.75, 3.05) is 20.2 Å². The molecule has 28 heavy (non-hydrogen) atoms. The van der Waals surface area contributed by atoms with Crippen LogP contribution in [-0.2, 0) is 14.3 Å². The van der Waals surface area contributed by atoms with Gasteiger partial charge in [0.25, 0.3) is 5.91 Å². The molecule has 146 valence electrons. The number of carbonyl (C=O) groups excluding carboxylic acids is 2. The molecule has 5 heteroatoms. The lowest BCUT2D eigenvalue weighted by Crippen LogP contribution is -2.38. The fourth-order valence-corrected chi connectivity index (χ4v) is 3.29. The number of methoxy groups -OCH3 is 1. The molecule has 0 bridgehead atoms. The maximum absolute atomic E-state index is 13.0. The van der Waals surface area contributed by atoms with Gasteiger partial charge in [-0.3, -0.25) is 4.79 Å². The lowest BCUT2D eigenvalue weighted by molar-refractivity contribution is -0.153. The number of rotatable bonds is 6. The molecule has 0 unspecified atom stereocenters. The first-order valence-electron chi connectivity index (χ1n) is 9.50. The van der Waals surface area contributed by atoms with Crippen LogP contribution in [0.15, 0.2) is 54.6 Å². The molecule has 2 aromatic carbocycles. The van der Waals surface area contributed by atoms with Gasteiger partial charge in [0, 0.05) is 18.7 Å². The molecule has 3 rings (SSSR count). The minimum Gasteiger partial charge on any atom is -0.496 e. The Morgan fingerprint density at radius 2 is 1.64 bits per heavy atom. The van der Waals surface area contributed by atoms with Gasteiger partial charge in [0.2, 0.25) is 0 Å². The lowest BCUT2D eigenvalue weighted by Gasteiger charge is -2.21. The van der Waals surface area contributed by atoms with Crippen LogP contribution in [0, 0.1) is 0 Å². The zero-order valence-electron chi connectivity index (χ0n) is 16.3. The van der Waals surface area contributed by atoms with Gasteiger partial charge in [-0.05, 0) is 37.5 Å². The molecule has 0 saturated carbocycles. The van der Waals surface area contributed by atoms with Crippen LogP contribution in [0.4, 0.5) is 0 Å². The van der Waals surface area contributed by atoms with Crippen molar-refractivity contribution >= 4 is 23.5 Å². The summed E-state index contributed by atoms with van der Waals surface area (Å²) in [5.41, 5.74) is 1.87. The molecule has 1 heterocycles. The molecule has 0 aliphatic carbocycles. The van der Waals surface area contributed by atoms with Crippen molar-refractivity contribution in [1.29, 1.82) is 0 Å². The van der Waals surface area contributed by atoms with Gasteiger partial charge in [0.1, 0.15) is 5.75 Å². The summed E-state index contributed by atoms with van der Waals surface area (Å²) >= 11 is 0. The van der Waals surface area contributed by atoms with Gasteiger partial charge in [-0.1, -0.05) is 48.5 Å². The van der Waals surface area contributed by atoms with Gasteiger partial charge in [0.15, 0.2) is 6.10 Å². The third-order valence-corrected chi connectivity index (χ3v) is 4.79. The Balaban J connectivity index is 1.87. The molecule has 0 aromatic heterocycles. The zero-order chi connectivity index (χ0) is 19.9. The number of carbonyl (C=O) groups is 2. The topological polar surface area (TPSA) is 55.8 Å². The van der Waals surface area contributed by atoms with E-state index in [1.54, 1.807) is 25.0 Å². The number of esters is 1. The van der Waals surface area contributed by atoms with Crippen LogP contribution in [0.3, 0.4) is 0 Å². The molecular weight excluding hydrogens is 354 g/mol. The molecule has 1 saturated heterocycles. The van der Waals surface area contributed by atoms with Crippen molar-refractivity contribution < 1.29 is 19.1 Å². The number of para-hydroxylation sites is 1. The molecule has 2 aromatic rings. The Kier molecular flexibility index (Phi) is 6.48. The number of nitrogens with zero attached hydrogens (tertiary/aromatic N) is 1. The fourth-order valence-electron chi connectivity index (χ4n) is 3.29. The van der Waals surface area contributed by atoms with E-state index >= 15 is 0 Å². The van der Waals surface area contributed by atoms with E-state index in [0.717, 1.165) is 37.1 Å². The summed E-state index contributed by atoms with van der Waals surface area (Å²) in [5.74, 6) is -0.0161. The molecule has 1 fully saturated rings. The monoisotopic (exact) mass is 379 g/mol. The van der Waals surface area contributed by atoms with E-state index in [2.05, 4.69) is 0 Å². The quantitative estimate of drug-likeness (QED) is 0.435. The fraction of sp³-hybridized carbons (Fsp3) is 0.304. The lowest BCUT2D eigenvalue weighted by atomic mass is 10.0. The molecule has 1 aliphatic heterocycles. The predicted molar refractivity (Wildman–Crippen MR) is 109 cm³/mol. The van der Waals surface area contributed by atoms with E-state index < -0.39 is 12.1 Å². The van der Waals surface area contributed by atoms with E-state index in [4.69, 9.17) is 9.47 Å². The number of hydrogen-bond donors (Lipinski definition) is 0. The number of hydrogen-bond acceptors (Lipinski definition) is 4. The van der Waals surface area contributed by atoms with Crippen LogP contribution < -0.4 is 4.74 Å². The Morgan fingerprint density at radius 3 is 2.32 bits per heavy atom. The van der Waals surface area contributed by atoms with Crippen LogP contribution in [0.25, 0.3) is 11.6 Å². The summed E-state index contributed by atoms with van der Waals surface area (Å²) in [6.07, 6.45) is 2.91. The van der Waals surface area contributed by atoms with Gasteiger partial charge >= 0.3 is 5.97 Å². The molecule has 0 radical (unpaired) electrons. The highest BCUT2D eigenvalue weighted by molar-refractivity contribution is 6.22. The Hall–Kier alpha value is -3.08. The summed E-state index contributed by atoms with van der Waals surface area (Å²) in [7, 11) is 1.59. The largest absolute Gasteiger partial charge is 0.496 e. The van der Waals surface area contributed by atoms with Crippen LogP contribution in [0.1, 0.15) is 30.9 Å². The first kappa shape index (κ1) is 19.7. The zero-order valence-corrected chi connectivity index (χ0v) is 16.3. The first-order valence-corrected chi connectivity index (χ1v) is 9.50. The molecule has 0 N–H and O–H groups in total. The van der Waals surface area contributed by atoms with Crippen LogP contribution in [0.2, 0.25) is 0 Å². The second-order valence-corrected chi connectivity index (χ2v) is 6.75. The van der Waals surface area contributed by atoms with Gasteiger partial charge in [0.05, 0.1) is 12.7 Å². The van der Waals surface area contributed by atoms with Crippen LogP contribution in [-0.4, -0.2) is 43.1 Å². The third-order valence-electron chi connectivity index (χ3n) is 4.79. The van der Waals surface area contributed by atoms with E-state index in [1.807, 2.05) is 54.6 Å². The van der Waals surface area contributed by atoms with Gasteiger partial charge in [-0.15, -0.1) is 0 Å². The van der Waals surface area contributed by atoms with Crippen molar-refractivity contribution in [2.45, 2.75) is 25.9 Å². The molecular formula is C23H25NO4. The highest BCUT2D eigenvalue weighted by Gasteiger charge is 2.27. The maximum Gasteiger partial charge on any atom is 0.339 e. The molecule has 0 spiro atoms. The Morgan fingerprint density at radius 1 is 1.00 bits per heavy atom. The maximum atomic E-state index is 13.0. The number of ether oxygens (including phenoxy) is 2. The molecule has 1 aliphatic rings. The van der Waals surface area contributed by atoms with Gasteiger partial charge in [-0.25, -0.2) is 4.79 Å². The van der Waals surface area contributed by atoms with Crippen LogP contribution >= 0.6 is 0 Å². The number of benzene rings is 2. The van der Waals surface area contributed by atoms with Crippen molar-refractivity contribution in [3.8, 4) is 5.75 Å². The summed E-state index contributed by atoms with van der Waals surface area (Å²) in [6, 6.07) is 16.7. The summed E-state index contributed by atoms with van der Waals surface area (Å²) in [6.45, 7) is 3.08. The Labute approximate surface area is 165 Å². The van der Waals surface area contributed by atoms with E-state index in [9.17, 15) is 9.59 Å². The van der Waals surface area contributed by atoms with Crippen molar-refractivity contribution in [1.82, 2.24) is 4.90 Å². The van der Waals surface area contributed by atoms with Crippen molar-refractivity contribution in [3.63, 3.8) is 0 Å². The van der Waals surface area contributed by atoms with Gasteiger partial charge in [-0.2, -0.15) is 0 Å². The second-order valence-electron chi connectivity index (χ2n) is 6.75. The number of likely N-dealkylation sites (tertiary alicyclic amines) is 1. The van der Waals surface area contributed by atoms with E-state index in [1.165, 1.54) is 0 Å².